The number of amides is 1. The number of benzene rings is 1. The van der Waals surface area contributed by atoms with Gasteiger partial charge >= 0.3 is 0 Å². The normalized spacial score (nSPS) is 11.9. The second-order valence-electron chi connectivity index (χ2n) is 5.70. The molecule has 2 rings (SSSR count). The van der Waals surface area contributed by atoms with Gasteiger partial charge in [-0.3, -0.25) is 4.79 Å². The Bertz CT molecular complexity index is 692. The number of aryl methyl sites for hydroxylation is 1. The van der Waals surface area contributed by atoms with Crippen LogP contribution >= 0.6 is 35.8 Å². The molecule has 3 N–H and O–H groups in total. The molecule has 0 aliphatic carbocycles. The number of hydrogen-bond acceptors (Lipinski definition) is 5. The third-order valence-corrected chi connectivity index (χ3v) is 4.69. The number of hydrogen-bond donors (Lipinski definition) is 2. The maximum Gasteiger partial charge on any atom is 0.241 e. The van der Waals surface area contributed by atoms with Crippen molar-refractivity contribution in [2.24, 2.45) is 18.7 Å². The van der Waals surface area contributed by atoms with E-state index in [1.165, 1.54) is 11.8 Å². The molecule has 9 heteroatoms. The number of nitrogens with two attached hydrogens (primary N) is 1. The molecule has 0 saturated carbocycles. The van der Waals surface area contributed by atoms with Crippen LogP contribution in [-0.4, -0.2) is 26.7 Å². The highest BCUT2D eigenvalue weighted by molar-refractivity contribution is 7.99. The molecule has 132 valence electrons. The van der Waals surface area contributed by atoms with Crippen LogP contribution in [0.2, 0.25) is 5.02 Å². The first-order chi connectivity index (χ1) is 10.9. The molecule has 0 aliphatic rings. The van der Waals surface area contributed by atoms with Gasteiger partial charge in [0.1, 0.15) is 6.33 Å². The first-order valence-corrected chi connectivity index (χ1v) is 8.44. The third-order valence-electron chi connectivity index (χ3n) is 3.13. The lowest BCUT2D eigenvalue weighted by atomic mass is 10.0. The second kappa shape index (κ2) is 9.27. The summed E-state index contributed by atoms with van der Waals surface area (Å²) in [6.45, 7) is 4.06. The standard InChI is InChI=1S/C15H20ClN5OS.ClH/c1-9(2)6-12(17)14(22)19-10-4-5-13(11(16)7-10)23-15-20-18-8-21(15)3;/h4-5,7-9,12H,6,17H2,1-3H3,(H,19,22);1H/t12-;/m0./s1. The van der Waals surface area contributed by atoms with Crippen molar-refractivity contribution in [2.75, 3.05) is 5.32 Å². The Morgan fingerprint density at radius 3 is 2.71 bits per heavy atom. The molecule has 6 nitrogen and oxygen atoms in total. The van der Waals surface area contributed by atoms with E-state index in [0.717, 1.165) is 10.1 Å². The van der Waals surface area contributed by atoms with Gasteiger partial charge in [0.15, 0.2) is 5.16 Å². The SMILES string of the molecule is CC(C)C[C@H](N)C(=O)Nc1ccc(Sc2nncn2C)c(Cl)c1.Cl. The van der Waals surface area contributed by atoms with Crippen LogP contribution in [0.15, 0.2) is 34.6 Å². The Morgan fingerprint density at radius 1 is 1.46 bits per heavy atom. The number of nitrogens with zero attached hydrogens (tertiary/aromatic N) is 3. The Labute approximate surface area is 157 Å². The zero-order chi connectivity index (χ0) is 17.0. The van der Waals surface area contributed by atoms with Crippen LogP contribution in [0.3, 0.4) is 0 Å². The van der Waals surface area contributed by atoms with Crippen LogP contribution in [0.25, 0.3) is 0 Å². The third kappa shape index (κ3) is 5.66. The average molecular weight is 390 g/mol. The number of anilines is 1. The Hall–Kier alpha value is -1.28. The lowest BCUT2D eigenvalue weighted by Gasteiger charge is -2.14. The molecule has 0 saturated heterocycles. The van der Waals surface area contributed by atoms with E-state index in [2.05, 4.69) is 15.5 Å². The summed E-state index contributed by atoms with van der Waals surface area (Å²) in [4.78, 5) is 12.9. The minimum Gasteiger partial charge on any atom is -0.325 e. The quantitative estimate of drug-likeness (QED) is 0.790. The molecule has 0 aliphatic heterocycles. The van der Waals surface area contributed by atoms with Crippen LogP contribution in [0.5, 0.6) is 0 Å². The molecule has 1 amide bonds. The predicted octanol–water partition coefficient (Wildman–Crippen LogP) is 3.35. The number of carbonyl (C=O) groups is 1. The fourth-order valence-electron chi connectivity index (χ4n) is 1.97. The number of nitrogens with one attached hydrogen (secondary N) is 1. The summed E-state index contributed by atoms with van der Waals surface area (Å²) in [6.07, 6.45) is 2.26. The highest BCUT2D eigenvalue weighted by Gasteiger charge is 2.16. The average Bonchev–Trinajstić information content (AvgIpc) is 2.86. The predicted molar refractivity (Wildman–Crippen MR) is 99.9 cm³/mol. The molecule has 1 aromatic carbocycles. The van der Waals surface area contributed by atoms with Crippen LogP contribution in [0.1, 0.15) is 20.3 Å². The van der Waals surface area contributed by atoms with Crippen LogP contribution in [0.4, 0.5) is 5.69 Å². The number of halogens is 2. The highest BCUT2D eigenvalue weighted by atomic mass is 35.5. The molecule has 0 radical (unpaired) electrons. The minimum atomic E-state index is -0.526. The van der Waals surface area contributed by atoms with Gasteiger partial charge in [-0.25, -0.2) is 0 Å². The number of aromatic nitrogens is 3. The van der Waals surface area contributed by atoms with Gasteiger partial charge in [0, 0.05) is 17.6 Å². The van der Waals surface area contributed by atoms with E-state index in [4.69, 9.17) is 17.3 Å². The molecule has 2 aromatic rings. The fraction of sp³-hybridized carbons (Fsp3) is 0.400. The Morgan fingerprint density at radius 2 is 2.17 bits per heavy atom. The molecule has 1 heterocycles. The monoisotopic (exact) mass is 389 g/mol. The maximum absolute atomic E-state index is 12.0. The molecular weight excluding hydrogens is 369 g/mol. The van der Waals surface area contributed by atoms with Crippen LogP contribution in [-0.2, 0) is 11.8 Å². The van der Waals surface area contributed by atoms with Gasteiger partial charge in [-0.05, 0) is 42.3 Å². The molecule has 0 unspecified atom stereocenters. The van der Waals surface area contributed by atoms with Gasteiger partial charge in [0.05, 0.1) is 11.1 Å². The smallest absolute Gasteiger partial charge is 0.241 e. The topological polar surface area (TPSA) is 85.8 Å². The van der Waals surface area contributed by atoms with Crippen molar-refractivity contribution in [1.82, 2.24) is 14.8 Å². The lowest BCUT2D eigenvalue weighted by Crippen LogP contribution is -2.36. The van der Waals surface area contributed by atoms with Crippen molar-refractivity contribution in [3.63, 3.8) is 0 Å². The molecule has 0 spiro atoms. The fourth-order valence-corrected chi connectivity index (χ4v) is 3.04. The second-order valence-corrected chi connectivity index (χ2v) is 7.11. The zero-order valence-corrected chi connectivity index (χ0v) is 16.1. The molecule has 1 aromatic heterocycles. The Balaban J connectivity index is 0.00000288. The molecule has 0 fully saturated rings. The van der Waals surface area contributed by atoms with Gasteiger partial charge in [-0.1, -0.05) is 25.4 Å². The van der Waals surface area contributed by atoms with Gasteiger partial charge in [0.2, 0.25) is 5.91 Å². The summed E-state index contributed by atoms with van der Waals surface area (Å²) < 4.78 is 1.81. The van der Waals surface area contributed by atoms with Crippen molar-refractivity contribution >= 4 is 47.4 Å². The van der Waals surface area contributed by atoms with Crippen molar-refractivity contribution in [3.05, 3.63) is 29.5 Å². The summed E-state index contributed by atoms with van der Waals surface area (Å²) in [5.41, 5.74) is 6.50. The van der Waals surface area contributed by atoms with Crippen molar-refractivity contribution in [2.45, 2.75) is 36.4 Å². The van der Waals surface area contributed by atoms with Gasteiger partial charge in [-0.15, -0.1) is 22.6 Å². The summed E-state index contributed by atoms with van der Waals surface area (Å²) in [6, 6.07) is 4.82. The summed E-state index contributed by atoms with van der Waals surface area (Å²) in [5.74, 6) is 0.160. The summed E-state index contributed by atoms with van der Waals surface area (Å²) in [5, 5.41) is 11.9. The van der Waals surface area contributed by atoms with Crippen molar-refractivity contribution in [3.8, 4) is 0 Å². The summed E-state index contributed by atoms with van der Waals surface area (Å²) in [7, 11) is 1.86. The lowest BCUT2D eigenvalue weighted by molar-refractivity contribution is -0.117. The van der Waals surface area contributed by atoms with E-state index in [0.29, 0.717) is 23.0 Å². The maximum atomic E-state index is 12.0. The zero-order valence-electron chi connectivity index (χ0n) is 13.7. The largest absolute Gasteiger partial charge is 0.325 e. The minimum absolute atomic E-state index is 0. The van der Waals surface area contributed by atoms with E-state index in [9.17, 15) is 4.79 Å². The number of rotatable bonds is 6. The van der Waals surface area contributed by atoms with Gasteiger partial charge in [0.25, 0.3) is 0 Å². The first kappa shape index (κ1) is 20.8. The Kier molecular flexibility index (Phi) is 8.02. The highest BCUT2D eigenvalue weighted by Crippen LogP contribution is 2.33. The summed E-state index contributed by atoms with van der Waals surface area (Å²) >= 11 is 7.69. The van der Waals surface area contributed by atoms with Crippen LogP contribution < -0.4 is 11.1 Å². The van der Waals surface area contributed by atoms with Gasteiger partial charge in [-0.2, -0.15) is 0 Å². The van der Waals surface area contributed by atoms with Crippen molar-refractivity contribution in [1.29, 1.82) is 0 Å². The van der Waals surface area contributed by atoms with Gasteiger partial charge < -0.3 is 15.6 Å². The van der Waals surface area contributed by atoms with E-state index < -0.39 is 6.04 Å². The molecule has 1 atom stereocenters. The van der Waals surface area contributed by atoms with E-state index >= 15 is 0 Å². The van der Waals surface area contributed by atoms with E-state index in [1.807, 2.05) is 31.5 Å². The molecule has 0 bridgehead atoms. The first-order valence-electron chi connectivity index (χ1n) is 7.24. The molecule has 24 heavy (non-hydrogen) atoms. The van der Waals surface area contributed by atoms with E-state index in [1.54, 1.807) is 18.5 Å². The number of carbonyl (C=O) groups excluding carboxylic acids is 1. The van der Waals surface area contributed by atoms with Crippen molar-refractivity contribution < 1.29 is 4.79 Å². The van der Waals surface area contributed by atoms with Crippen LogP contribution in [0, 0.1) is 5.92 Å². The van der Waals surface area contributed by atoms with E-state index in [-0.39, 0.29) is 18.3 Å². The molecular formula is C15H21Cl2N5OS.